The second kappa shape index (κ2) is 6.50. The molecule has 1 heterocycles. The Bertz CT molecular complexity index is 744. The van der Waals surface area contributed by atoms with Gasteiger partial charge in [-0.15, -0.1) is 12.4 Å². The zero-order chi connectivity index (χ0) is 14.2. The quantitative estimate of drug-likeness (QED) is 0.908. The summed E-state index contributed by atoms with van der Waals surface area (Å²) in [5, 5.41) is 5.62. The van der Waals surface area contributed by atoms with Gasteiger partial charge >= 0.3 is 0 Å². The van der Waals surface area contributed by atoms with Gasteiger partial charge in [-0.2, -0.15) is 4.31 Å². The lowest BCUT2D eigenvalue weighted by molar-refractivity contribution is 0.360. The third-order valence-corrected chi connectivity index (χ3v) is 5.62. The highest BCUT2D eigenvalue weighted by molar-refractivity contribution is 7.89. The Hall–Kier alpha value is -0.850. The van der Waals surface area contributed by atoms with E-state index in [-0.39, 0.29) is 12.4 Å². The van der Waals surface area contributed by atoms with E-state index >= 15 is 0 Å². The van der Waals surface area contributed by atoms with Gasteiger partial charge in [0, 0.05) is 31.2 Å². The fraction of sp³-hybridized carbons (Fsp3) is 0.286. The molecule has 1 aliphatic heterocycles. The van der Waals surface area contributed by atoms with Gasteiger partial charge < -0.3 is 5.32 Å². The first-order valence-corrected chi connectivity index (χ1v) is 8.29. The minimum absolute atomic E-state index is 0. The summed E-state index contributed by atoms with van der Waals surface area (Å²) in [7, 11) is -3.40. The molecule has 0 amide bonds. The number of nitrogens with zero attached hydrogens (tertiary/aromatic N) is 1. The van der Waals surface area contributed by atoms with Gasteiger partial charge in [-0.25, -0.2) is 8.42 Å². The van der Waals surface area contributed by atoms with Crippen molar-refractivity contribution in [2.24, 2.45) is 0 Å². The Balaban J connectivity index is 0.00000161. The van der Waals surface area contributed by atoms with E-state index in [0.717, 1.165) is 10.8 Å². The Labute approximate surface area is 135 Å². The van der Waals surface area contributed by atoms with Crippen molar-refractivity contribution in [3.8, 4) is 0 Å². The topological polar surface area (TPSA) is 49.4 Å². The first-order valence-electron chi connectivity index (χ1n) is 6.47. The van der Waals surface area contributed by atoms with Gasteiger partial charge in [-0.05, 0) is 35.0 Å². The number of fused-ring (bicyclic) bond motifs is 1. The van der Waals surface area contributed by atoms with Crippen molar-refractivity contribution in [3.05, 3.63) is 41.4 Å². The van der Waals surface area contributed by atoms with Crippen LogP contribution in [0.3, 0.4) is 0 Å². The maximum atomic E-state index is 12.6. The molecule has 0 radical (unpaired) electrons. The number of halogens is 2. The average molecular weight is 347 g/mol. The summed E-state index contributed by atoms with van der Waals surface area (Å²) in [4.78, 5) is 0.342. The Morgan fingerprint density at radius 2 is 1.62 bits per heavy atom. The van der Waals surface area contributed by atoms with Crippen LogP contribution in [-0.4, -0.2) is 38.9 Å². The summed E-state index contributed by atoms with van der Waals surface area (Å²) in [5.74, 6) is 0. The number of hydrogen-bond acceptors (Lipinski definition) is 3. The minimum atomic E-state index is -3.40. The van der Waals surface area contributed by atoms with Crippen LogP contribution in [0.5, 0.6) is 0 Å². The van der Waals surface area contributed by atoms with E-state index in [1.807, 2.05) is 12.1 Å². The predicted molar refractivity (Wildman–Crippen MR) is 87.8 cm³/mol. The average Bonchev–Trinajstić information content (AvgIpc) is 2.47. The largest absolute Gasteiger partial charge is 0.314 e. The van der Waals surface area contributed by atoms with E-state index in [0.29, 0.717) is 36.1 Å². The van der Waals surface area contributed by atoms with Crippen LogP contribution in [0.15, 0.2) is 41.3 Å². The van der Waals surface area contributed by atoms with Crippen LogP contribution >= 0.6 is 24.0 Å². The van der Waals surface area contributed by atoms with E-state index in [1.54, 1.807) is 24.3 Å². The molecule has 3 rings (SSSR count). The van der Waals surface area contributed by atoms with Gasteiger partial charge in [0.05, 0.1) is 4.90 Å². The molecule has 2 aromatic carbocycles. The summed E-state index contributed by atoms with van der Waals surface area (Å²) < 4.78 is 26.7. The first-order chi connectivity index (χ1) is 9.57. The second-order valence-electron chi connectivity index (χ2n) is 4.81. The highest BCUT2D eigenvalue weighted by atomic mass is 35.5. The number of hydrogen-bond donors (Lipinski definition) is 1. The predicted octanol–water partition coefficient (Wildman–Crippen LogP) is 2.51. The molecule has 1 N–H and O–H groups in total. The van der Waals surface area contributed by atoms with E-state index in [2.05, 4.69) is 5.32 Å². The van der Waals surface area contributed by atoms with E-state index < -0.39 is 10.0 Å². The van der Waals surface area contributed by atoms with Gasteiger partial charge in [0.15, 0.2) is 0 Å². The van der Waals surface area contributed by atoms with Crippen molar-refractivity contribution in [3.63, 3.8) is 0 Å². The lowest BCUT2D eigenvalue weighted by Gasteiger charge is -2.26. The van der Waals surface area contributed by atoms with Crippen LogP contribution in [0.25, 0.3) is 10.8 Å². The van der Waals surface area contributed by atoms with Crippen LogP contribution in [0.1, 0.15) is 0 Å². The van der Waals surface area contributed by atoms with Crippen molar-refractivity contribution >= 4 is 44.8 Å². The zero-order valence-electron chi connectivity index (χ0n) is 11.3. The molecular weight excluding hydrogens is 331 g/mol. The van der Waals surface area contributed by atoms with Crippen molar-refractivity contribution in [1.29, 1.82) is 0 Å². The standard InChI is InChI=1S/C14H15ClN2O2S.ClH/c15-13-3-1-12-10-14(4-2-11(12)9-13)20(18,19)17-7-5-16-6-8-17;/h1-4,9-10,16H,5-8H2;1H. The molecule has 0 spiro atoms. The SMILES string of the molecule is Cl.O=S(=O)(c1ccc2cc(Cl)ccc2c1)N1CCNCC1. The van der Waals surface area contributed by atoms with Gasteiger partial charge in [0.25, 0.3) is 0 Å². The number of benzene rings is 2. The Morgan fingerprint density at radius 1 is 1.00 bits per heavy atom. The molecule has 1 saturated heterocycles. The van der Waals surface area contributed by atoms with E-state index in [4.69, 9.17) is 11.6 Å². The van der Waals surface area contributed by atoms with Gasteiger partial charge in [0.2, 0.25) is 10.0 Å². The maximum Gasteiger partial charge on any atom is 0.243 e. The monoisotopic (exact) mass is 346 g/mol. The van der Waals surface area contributed by atoms with Gasteiger partial charge in [-0.3, -0.25) is 0 Å². The Kier molecular flexibility index (Phi) is 5.11. The second-order valence-corrected chi connectivity index (χ2v) is 7.18. The molecule has 0 atom stereocenters. The molecule has 7 heteroatoms. The number of rotatable bonds is 2. The molecule has 0 bridgehead atoms. The first kappa shape index (κ1) is 16.5. The lowest BCUT2D eigenvalue weighted by Crippen LogP contribution is -2.46. The summed E-state index contributed by atoms with van der Waals surface area (Å²) in [6.07, 6.45) is 0. The van der Waals surface area contributed by atoms with Gasteiger partial charge in [-0.1, -0.05) is 23.7 Å². The molecule has 2 aromatic rings. The molecule has 0 aromatic heterocycles. The molecule has 1 aliphatic rings. The molecule has 0 saturated carbocycles. The fourth-order valence-electron chi connectivity index (χ4n) is 2.39. The van der Waals surface area contributed by atoms with Crippen molar-refractivity contribution in [2.75, 3.05) is 26.2 Å². The van der Waals surface area contributed by atoms with Crippen molar-refractivity contribution < 1.29 is 8.42 Å². The Morgan fingerprint density at radius 3 is 2.33 bits per heavy atom. The van der Waals surface area contributed by atoms with Crippen LogP contribution in [0, 0.1) is 0 Å². The molecule has 4 nitrogen and oxygen atoms in total. The fourth-order valence-corrected chi connectivity index (χ4v) is 4.05. The highest BCUT2D eigenvalue weighted by Crippen LogP contribution is 2.24. The van der Waals surface area contributed by atoms with E-state index in [9.17, 15) is 8.42 Å². The lowest BCUT2D eigenvalue weighted by atomic mass is 10.1. The van der Waals surface area contributed by atoms with Crippen molar-refractivity contribution in [2.45, 2.75) is 4.90 Å². The molecule has 0 unspecified atom stereocenters. The number of piperazine rings is 1. The third-order valence-electron chi connectivity index (χ3n) is 3.49. The van der Waals surface area contributed by atoms with Crippen LogP contribution in [-0.2, 0) is 10.0 Å². The normalized spacial score (nSPS) is 16.6. The van der Waals surface area contributed by atoms with Crippen LogP contribution < -0.4 is 5.32 Å². The number of nitrogens with one attached hydrogen (secondary N) is 1. The minimum Gasteiger partial charge on any atom is -0.314 e. The maximum absolute atomic E-state index is 12.6. The zero-order valence-corrected chi connectivity index (χ0v) is 13.6. The van der Waals surface area contributed by atoms with Crippen molar-refractivity contribution in [1.82, 2.24) is 9.62 Å². The van der Waals surface area contributed by atoms with Crippen LogP contribution in [0.4, 0.5) is 0 Å². The summed E-state index contributed by atoms with van der Waals surface area (Å²) >= 11 is 5.94. The third kappa shape index (κ3) is 3.33. The smallest absolute Gasteiger partial charge is 0.243 e. The molecular formula is C14H16Cl2N2O2S. The summed E-state index contributed by atoms with van der Waals surface area (Å²) in [6, 6.07) is 10.6. The summed E-state index contributed by atoms with van der Waals surface area (Å²) in [6.45, 7) is 2.42. The molecule has 21 heavy (non-hydrogen) atoms. The molecule has 0 aliphatic carbocycles. The highest BCUT2D eigenvalue weighted by Gasteiger charge is 2.25. The molecule has 114 valence electrons. The number of sulfonamides is 1. The summed E-state index contributed by atoms with van der Waals surface area (Å²) in [5.41, 5.74) is 0. The van der Waals surface area contributed by atoms with Crippen LogP contribution in [0.2, 0.25) is 5.02 Å². The molecule has 1 fully saturated rings. The van der Waals surface area contributed by atoms with E-state index in [1.165, 1.54) is 4.31 Å². The van der Waals surface area contributed by atoms with Gasteiger partial charge in [0.1, 0.15) is 0 Å².